The lowest BCUT2D eigenvalue weighted by atomic mass is 9.82. The van der Waals surface area contributed by atoms with Gasteiger partial charge in [0.25, 0.3) is 0 Å². The fraction of sp³-hybridized carbons (Fsp3) is 0.182. The monoisotopic (exact) mass is 610 g/mol. The highest BCUT2D eigenvalue weighted by Gasteiger charge is 2.17. The second kappa shape index (κ2) is 20.0. The Kier molecular flexibility index (Phi) is 16.2. The zero-order chi connectivity index (χ0) is 33.8. The normalized spacial score (nSPS) is 9.80. The van der Waals surface area contributed by atoms with Crippen LogP contribution in [0.15, 0.2) is 164 Å². The molecule has 0 aliphatic carbocycles. The van der Waals surface area contributed by atoms with E-state index in [0.29, 0.717) is 11.5 Å². The first-order chi connectivity index (χ1) is 22.0. The average molecular weight is 611 g/mol. The molecule has 0 aromatic heterocycles. The molecule has 6 rings (SSSR count). The summed E-state index contributed by atoms with van der Waals surface area (Å²) in [6.45, 7) is 14.9. The molecule has 0 heterocycles. The third-order valence-corrected chi connectivity index (χ3v) is 6.77. The van der Waals surface area contributed by atoms with Gasteiger partial charge >= 0.3 is 0 Å². The van der Waals surface area contributed by atoms with Gasteiger partial charge in [0.05, 0.1) is 0 Å². The Labute approximate surface area is 277 Å². The Bertz CT molecular complexity index is 1490. The maximum absolute atomic E-state index is 8.76. The van der Waals surface area contributed by atoms with Crippen molar-refractivity contribution in [3.8, 4) is 22.6 Å². The van der Waals surface area contributed by atoms with Crippen LogP contribution in [-0.2, 0) is 5.41 Å². The zero-order valence-electron chi connectivity index (χ0n) is 28.5. The van der Waals surface area contributed by atoms with Crippen molar-refractivity contribution >= 4 is 0 Å². The predicted octanol–water partition coefficient (Wildman–Crippen LogP) is 12.0. The van der Waals surface area contributed by atoms with E-state index in [9.17, 15) is 0 Å². The molecule has 0 spiro atoms. The molecule has 2 nitrogen and oxygen atoms in total. The standard InChI is InChI=1S/C16H18.2C7H8O.2C7H8/c1-16(2,3)15-12-8-7-11-14(15)13-9-5-4-6-10-13;2*1-6-2-4-7(8)5-3-6;2*1-7-5-3-2-4-6-7/h4-12H,1-3H3;2*2-5,8H,1H3;2*2-6H,1H3. The molecule has 6 aromatic carbocycles. The Morgan fingerprint density at radius 3 is 0.957 bits per heavy atom. The van der Waals surface area contributed by atoms with Crippen molar-refractivity contribution in [2.75, 3.05) is 0 Å². The van der Waals surface area contributed by atoms with Crippen LogP contribution < -0.4 is 0 Å². The highest BCUT2D eigenvalue weighted by atomic mass is 16.3. The highest BCUT2D eigenvalue weighted by molar-refractivity contribution is 5.68. The molecule has 0 atom stereocenters. The molecular weight excluding hydrogens is 560 g/mol. The largest absolute Gasteiger partial charge is 0.508 e. The van der Waals surface area contributed by atoms with Gasteiger partial charge in [-0.25, -0.2) is 0 Å². The van der Waals surface area contributed by atoms with Crippen LogP contribution in [0.5, 0.6) is 11.5 Å². The van der Waals surface area contributed by atoms with Gasteiger partial charge in [-0.1, -0.05) is 183 Å². The Balaban J connectivity index is 0.000000211. The summed E-state index contributed by atoms with van der Waals surface area (Å²) in [5.41, 5.74) is 9.22. The second-order valence-electron chi connectivity index (χ2n) is 12.1. The molecule has 46 heavy (non-hydrogen) atoms. The van der Waals surface area contributed by atoms with E-state index in [1.807, 2.05) is 74.5 Å². The fourth-order valence-electron chi connectivity index (χ4n) is 4.16. The number of aryl methyl sites for hydroxylation is 4. The first-order valence-corrected chi connectivity index (χ1v) is 15.6. The van der Waals surface area contributed by atoms with Gasteiger partial charge in [-0.2, -0.15) is 0 Å². The molecule has 0 unspecified atom stereocenters. The van der Waals surface area contributed by atoms with Crippen molar-refractivity contribution in [2.45, 2.75) is 53.9 Å². The van der Waals surface area contributed by atoms with Gasteiger partial charge in [0, 0.05) is 0 Å². The summed E-state index contributed by atoms with van der Waals surface area (Å²) in [5.74, 6) is 0.659. The van der Waals surface area contributed by atoms with E-state index in [1.165, 1.54) is 38.9 Å². The summed E-state index contributed by atoms with van der Waals surface area (Å²) < 4.78 is 0. The summed E-state index contributed by atoms with van der Waals surface area (Å²) in [7, 11) is 0. The van der Waals surface area contributed by atoms with Crippen molar-refractivity contribution in [2.24, 2.45) is 0 Å². The maximum Gasteiger partial charge on any atom is 0.115 e. The van der Waals surface area contributed by atoms with E-state index in [2.05, 4.69) is 113 Å². The van der Waals surface area contributed by atoms with Gasteiger partial charge in [0.1, 0.15) is 11.5 Å². The van der Waals surface area contributed by atoms with E-state index in [0.717, 1.165) is 0 Å². The van der Waals surface area contributed by atoms with E-state index >= 15 is 0 Å². The lowest BCUT2D eigenvalue weighted by Gasteiger charge is -2.23. The number of hydrogen-bond acceptors (Lipinski definition) is 2. The maximum atomic E-state index is 8.76. The molecule has 0 saturated carbocycles. The number of phenolic OH excluding ortho intramolecular Hbond substituents is 2. The van der Waals surface area contributed by atoms with Crippen molar-refractivity contribution in [3.05, 3.63) is 192 Å². The van der Waals surface area contributed by atoms with Gasteiger partial charge in [-0.15, -0.1) is 0 Å². The summed E-state index contributed by atoms with van der Waals surface area (Å²) in [4.78, 5) is 0. The number of aromatic hydroxyl groups is 2. The van der Waals surface area contributed by atoms with E-state index < -0.39 is 0 Å². The van der Waals surface area contributed by atoms with Crippen LogP contribution in [0.1, 0.15) is 48.6 Å². The van der Waals surface area contributed by atoms with E-state index in [4.69, 9.17) is 10.2 Å². The molecule has 0 fully saturated rings. The Morgan fingerprint density at radius 1 is 0.348 bits per heavy atom. The lowest BCUT2D eigenvalue weighted by molar-refractivity contribution is 0.474. The van der Waals surface area contributed by atoms with Crippen molar-refractivity contribution in [1.29, 1.82) is 0 Å². The number of phenols is 2. The molecule has 6 aromatic rings. The highest BCUT2D eigenvalue weighted by Crippen LogP contribution is 2.32. The average Bonchev–Trinajstić information content (AvgIpc) is 3.06. The molecule has 0 amide bonds. The number of hydrogen-bond donors (Lipinski definition) is 2. The molecule has 0 saturated heterocycles. The Hall–Kier alpha value is -5.08. The van der Waals surface area contributed by atoms with E-state index in [-0.39, 0.29) is 5.41 Å². The van der Waals surface area contributed by atoms with Gasteiger partial charge in [0.15, 0.2) is 0 Å². The van der Waals surface area contributed by atoms with Gasteiger partial charge in [-0.05, 0) is 74.1 Å². The third kappa shape index (κ3) is 15.6. The molecule has 0 bridgehead atoms. The Morgan fingerprint density at radius 2 is 0.652 bits per heavy atom. The fourth-order valence-corrected chi connectivity index (χ4v) is 4.16. The third-order valence-electron chi connectivity index (χ3n) is 6.77. The minimum Gasteiger partial charge on any atom is -0.508 e. The van der Waals surface area contributed by atoms with Gasteiger partial charge in [0.2, 0.25) is 0 Å². The number of rotatable bonds is 1. The summed E-state index contributed by atoms with van der Waals surface area (Å²) >= 11 is 0. The van der Waals surface area contributed by atoms with Crippen molar-refractivity contribution < 1.29 is 10.2 Å². The molecular formula is C44H50O2. The smallest absolute Gasteiger partial charge is 0.115 e. The first kappa shape index (κ1) is 37.1. The molecule has 238 valence electrons. The quantitative estimate of drug-likeness (QED) is 0.194. The van der Waals surface area contributed by atoms with Crippen LogP contribution in [-0.4, -0.2) is 10.2 Å². The lowest BCUT2D eigenvalue weighted by Crippen LogP contribution is -2.12. The molecule has 0 aliphatic heterocycles. The SMILES string of the molecule is CC(C)(C)c1ccccc1-c1ccccc1.Cc1ccc(O)cc1.Cc1ccc(O)cc1.Cc1ccccc1.Cc1ccccc1. The van der Waals surface area contributed by atoms with Crippen LogP contribution in [0, 0.1) is 27.7 Å². The van der Waals surface area contributed by atoms with Crippen LogP contribution in [0.4, 0.5) is 0 Å². The first-order valence-electron chi connectivity index (χ1n) is 15.6. The minimum atomic E-state index is 0.187. The van der Waals surface area contributed by atoms with Gasteiger partial charge < -0.3 is 10.2 Å². The van der Waals surface area contributed by atoms with Crippen LogP contribution >= 0.6 is 0 Å². The second-order valence-corrected chi connectivity index (χ2v) is 12.1. The molecule has 2 N–H and O–H groups in total. The zero-order valence-corrected chi connectivity index (χ0v) is 28.5. The van der Waals surface area contributed by atoms with Crippen LogP contribution in [0.3, 0.4) is 0 Å². The molecule has 2 heteroatoms. The molecule has 0 radical (unpaired) electrons. The van der Waals surface area contributed by atoms with Crippen molar-refractivity contribution in [3.63, 3.8) is 0 Å². The van der Waals surface area contributed by atoms with E-state index in [1.54, 1.807) is 24.3 Å². The topological polar surface area (TPSA) is 40.5 Å². The summed E-state index contributed by atoms with van der Waals surface area (Å²) in [6, 6.07) is 53.9. The molecule has 0 aliphatic rings. The number of benzene rings is 6. The van der Waals surface area contributed by atoms with Crippen LogP contribution in [0.2, 0.25) is 0 Å². The van der Waals surface area contributed by atoms with Gasteiger partial charge in [-0.3, -0.25) is 0 Å². The predicted molar refractivity (Wildman–Crippen MR) is 199 cm³/mol. The summed E-state index contributed by atoms with van der Waals surface area (Å²) in [6.07, 6.45) is 0. The minimum absolute atomic E-state index is 0.187. The van der Waals surface area contributed by atoms with Crippen molar-refractivity contribution in [1.82, 2.24) is 0 Å². The summed E-state index contributed by atoms with van der Waals surface area (Å²) in [5, 5.41) is 17.5. The van der Waals surface area contributed by atoms with Crippen LogP contribution in [0.25, 0.3) is 11.1 Å².